The van der Waals surface area contributed by atoms with Crippen LogP contribution in [0.1, 0.15) is 27.7 Å². The lowest BCUT2D eigenvalue weighted by Gasteiger charge is -2.21. The van der Waals surface area contributed by atoms with E-state index in [9.17, 15) is 14.4 Å². The van der Waals surface area contributed by atoms with Gasteiger partial charge in [0.25, 0.3) is 0 Å². The molecule has 1 atom stereocenters. The van der Waals surface area contributed by atoms with Crippen molar-refractivity contribution in [2.75, 3.05) is 0 Å². The molecule has 0 aromatic carbocycles. The minimum Gasteiger partial charge on any atom is -0.350 e. The molecule has 1 aliphatic heterocycles. The van der Waals surface area contributed by atoms with Gasteiger partial charge in [-0.2, -0.15) is 0 Å². The summed E-state index contributed by atoms with van der Waals surface area (Å²) >= 11 is 0. The molecule has 0 saturated carbocycles. The van der Waals surface area contributed by atoms with Crippen molar-refractivity contribution in [3.8, 4) is 0 Å². The van der Waals surface area contributed by atoms with E-state index in [-0.39, 0.29) is 17.4 Å². The lowest BCUT2D eigenvalue weighted by Crippen LogP contribution is -2.45. The molecule has 1 rings (SSSR count). The topological polar surface area (TPSA) is 99.7 Å². The van der Waals surface area contributed by atoms with Gasteiger partial charge in [0, 0.05) is 5.54 Å². The zero-order valence-corrected chi connectivity index (χ0v) is 10.2. The Morgan fingerprint density at radius 2 is 1.71 bits per heavy atom. The molecule has 7 nitrogen and oxygen atoms in total. The van der Waals surface area contributed by atoms with E-state index >= 15 is 0 Å². The molecule has 94 valence electrons. The number of nitrogens with zero attached hydrogens (tertiary/aromatic N) is 1. The number of rotatable bonds is 2. The van der Waals surface area contributed by atoms with Gasteiger partial charge in [-0.3, -0.25) is 25.0 Å². The van der Waals surface area contributed by atoms with Crippen molar-refractivity contribution in [2.24, 2.45) is 4.99 Å². The Balaban J connectivity index is 2.63. The molecule has 0 aliphatic carbocycles. The Kier molecular flexibility index (Phi) is 3.50. The monoisotopic (exact) mass is 240 g/mol. The first kappa shape index (κ1) is 13.1. The Hall–Kier alpha value is -1.92. The van der Waals surface area contributed by atoms with Crippen molar-refractivity contribution in [1.29, 1.82) is 0 Å². The van der Waals surface area contributed by atoms with Crippen LogP contribution in [0, 0.1) is 0 Å². The van der Waals surface area contributed by atoms with Gasteiger partial charge in [0.1, 0.15) is 6.04 Å². The normalized spacial score (nSPS) is 17.3. The molecule has 1 fully saturated rings. The second-order valence-corrected chi connectivity index (χ2v) is 4.80. The molecular weight excluding hydrogens is 224 g/mol. The molecular formula is C10H16N4O3. The molecule has 1 heterocycles. The Morgan fingerprint density at radius 3 is 2.12 bits per heavy atom. The van der Waals surface area contributed by atoms with Gasteiger partial charge in [-0.25, -0.2) is 4.99 Å². The Labute approximate surface area is 99.0 Å². The number of amides is 3. The Morgan fingerprint density at radius 1 is 1.24 bits per heavy atom. The highest BCUT2D eigenvalue weighted by Gasteiger charge is 2.27. The molecule has 0 spiro atoms. The number of aliphatic imine (C=N–C) groups is 1. The van der Waals surface area contributed by atoms with E-state index in [0.29, 0.717) is 0 Å². The summed E-state index contributed by atoms with van der Waals surface area (Å²) in [6.45, 7) is 7.13. The average Bonchev–Trinajstić information content (AvgIpc) is 2.42. The molecule has 3 amide bonds. The SMILES string of the molecule is CC(N=C1NC(=O)C(=O)N1)C(=O)NC(C)(C)C. The minimum atomic E-state index is -0.771. The van der Waals surface area contributed by atoms with E-state index in [0.717, 1.165) is 0 Å². The predicted octanol–water partition coefficient (Wildman–Crippen LogP) is -1.11. The molecule has 0 radical (unpaired) electrons. The van der Waals surface area contributed by atoms with Crippen LogP contribution in [-0.2, 0) is 14.4 Å². The van der Waals surface area contributed by atoms with Gasteiger partial charge < -0.3 is 5.32 Å². The van der Waals surface area contributed by atoms with Crippen molar-refractivity contribution in [1.82, 2.24) is 16.0 Å². The molecule has 1 unspecified atom stereocenters. The molecule has 7 heteroatoms. The van der Waals surface area contributed by atoms with Gasteiger partial charge in [-0.1, -0.05) is 0 Å². The van der Waals surface area contributed by atoms with Crippen LogP contribution >= 0.6 is 0 Å². The summed E-state index contributed by atoms with van der Waals surface area (Å²) in [6.07, 6.45) is 0. The third kappa shape index (κ3) is 3.86. The zero-order chi connectivity index (χ0) is 13.2. The highest BCUT2D eigenvalue weighted by atomic mass is 16.2. The molecule has 1 saturated heterocycles. The van der Waals surface area contributed by atoms with Crippen molar-refractivity contribution in [3.63, 3.8) is 0 Å². The fourth-order valence-electron chi connectivity index (χ4n) is 1.15. The maximum atomic E-state index is 11.7. The van der Waals surface area contributed by atoms with Gasteiger partial charge in [0.2, 0.25) is 11.9 Å². The van der Waals surface area contributed by atoms with E-state index in [1.165, 1.54) is 0 Å². The Bertz CT molecular complexity index is 377. The van der Waals surface area contributed by atoms with Gasteiger partial charge in [0.15, 0.2) is 0 Å². The minimum absolute atomic E-state index is 0.0107. The number of carbonyl (C=O) groups excluding carboxylic acids is 3. The summed E-state index contributed by atoms with van der Waals surface area (Å²) in [7, 11) is 0. The fraction of sp³-hybridized carbons (Fsp3) is 0.600. The van der Waals surface area contributed by atoms with E-state index in [1.807, 2.05) is 20.8 Å². The van der Waals surface area contributed by atoms with Crippen LogP contribution in [0.5, 0.6) is 0 Å². The smallest absolute Gasteiger partial charge is 0.316 e. The van der Waals surface area contributed by atoms with Crippen LogP contribution in [0.15, 0.2) is 4.99 Å². The highest BCUT2D eigenvalue weighted by molar-refractivity contribution is 6.45. The molecule has 0 aromatic heterocycles. The number of guanidine groups is 1. The summed E-state index contributed by atoms with van der Waals surface area (Å²) in [5, 5.41) is 7.19. The van der Waals surface area contributed by atoms with Gasteiger partial charge in [0.05, 0.1) is 0 Å². The summed E-state index contributed by atoms with van der Waals surface area (Å²) in [6, 6.07) is -0.692. The van der Waals surface area contributed by atoms with Gasteiger partial charge in [-0.15, -0.1) is 0 Å². The van der Waals surface area contributed by atoms with Crippen molar-refractivity contribution >= 4 is 23.7 Å². The lowest BCUT2D eigenvalue weighted by molar-refractivity contribution is -0.135. The number of hydrogen-bond donors (Lipinski definition) is 3. The number of nitrogens with one attached hydrogen (secondary N) is 3. The molecule has 0 bridgehead atoms. The van der Waals surface area contributed by atoms with E-state index in [4.69, 9.17) is 0 Å². The highest BCUT2D eigenvalue weighted by Crippen LogP contribution is 2.01. The maximum absolute atomic E-state index is 11.7. The standard InChI is InChI=1S/C10H16N4O3/c1-5(6(15)14-10(2,3)4)11-9-12-7(16)8(17)13-9/h5H,1-4H3,(H,14,15)(H2,11,12,13,16,17). The van der Waals surface area contributed by atoms with Gasteiger partial charge in [-0.05, 0) is 27.7 Å². The van der Waals surface area contributed by atoms with E-state index in [2.05, 4.69) is 20.9 Å². The molecule has 1 aliphatic rings. The van der Waals surface area contributed by atoms with Crippen LogP contribution < -0.4 is 16.0 Å². The van der Waals surface area contributed by atoms with Crippen LogP contribution in [0.4, 0.5) is 0 Å². The van der Waals surface area contributed by atoms with Crippen molar-refractivity contribution in [2.45, 2.75) is 39.3 Å². The molecule has 17 heavy (non-hydrogen) atoms. The van der Waals surface area contributed by atoms with Crippen molar-refractivity contribution < 1.29 is 14.4 Å². The second-order valence-electron chi connectivity index (χ2n) is 4.80. The third-order valence-corrected chi connectivity index (χ3v) is 1.87. The van der Waals surface area contributed by atoms with Crippen LogP contribution in [0.25, 0.3) is 0 Å². The quantitative estimate of drug-likeness (QED) is 0.534. The van der Waals surface area contributed by atoms with Crippen molar-refractivity contribution in [3.05, 3.63) is 0 Å². The maximum Gasteiger partial charge on any atom is 0.316 e. The first-order valence-electron chi connectivity index (χ1n) is 5.21. The summed E-state index contributed by atoms with van der Waals surface area (Å²) in [5.74, 6) is -1.81. The largest absolute Gasteiger partial charge is 0.350 e. The summed E-state index contributed by atoms with van der Waals surface area (Å²) in [5.41, 5.74) is -0.353. The molecule has 3 N–H and O–H groups in total. The van der Waals surface area contributed by atoms with Gasteiger partial charge >= 0.3 is 11.8 Å². The lowest BCUT2D eigenvalue weighted by atomic mass is 10.1. The average molecular weight is 240 g/mol. The first-order chi connectivity index (χ1) is 7.69. The van der Waals surface area contributed by atoms with Crippen LogP contribution in [-0.4, -0.2) is 35.3 Å². The second kappa shape index (κ2) is 4.52. The summed E-state index contributed by atoms with van der Waals surface area (Å²) in [4.78, 5) is 37.3. The predicted molar refractivity (Wildman–Crippen MR) is 61.1 cm³/mol. The zero-order valence-electron chi connectivity index (χ0n) is 10.2. The van der Waals surface area contributed by atoms with E-state index < -0.39 is 17.9 Å². The molecule has 0 aromatic rings. The van der Waals surface area contributed by atoms with E-state index in [1.54, 1.807) is 6.92 Å². The number of hydrogen-bond acceptors (Lipinski definition) is 4. The third-order valence-electron chi connectivity index (χ3n) is 1.87. The van der Waals surface area contributed by atoms with Crippen LogP contribution in [0.2, 0.25) is 0 Å². The first-order valence-corrected chi connectivity index (χ1v) is 5.21. The summed E-state index contributed by atoms with van der Waals surface area (Å²) < 4.78 is 0. The number of carbonyl (C=O) groups is 3. The van der Waals surface area contributed by atoms with Crippen LogP contribution in [0.3, 0.4) is 0 Å². The fourth-order valence-corrected chi connectivity index (χ4v) is 1.15.